The zero-order valence-electron chi connectivity index (χ0n) is 12.8. The molecule has 20 heavy (non-hydrogen) atoms. The van der Waals surface area contributed by atoms with E-state index in [-0.39, 0.29) is 0 Å². The lowest BCUT2D eigenvalue weighted by molar-refractivity contribution is 0.0733. The minimum atomic E-state index is 0.509. The first kappa shape index (κ1) is 14.5. The van der Waals surface area contributed by atoms with Crippen molar-refractivity contribution in [1.29, 1.82) is 0 Å². The van der Waals surface area contributed by atoms with Crippen molar-refractivity contribution in [1.82, 2.24) is 5.32 Å². The summed E-state index contributed by atoms with van der Waals surface area (Å²) < 4.78 is 0. The lowest BCUT2D eigenvalue weighted by Crippen LogP contribution is -2.51. The van der Waals surface area contributed by atoms with Crippen LogP contribution in [0.2, 0.25) is 0 Å². The third-order valence-corrected chi connectivity index (χ3v) is 6.86. The molecule has 2 heterocycles. The first-order valence-corrected chi connectivity index (χ1v) is 9.08. The normalized spacial score (nSPS) is 33.2. The largest absolute Gasteiger partial charge is 0.316 e. The molecule has 0 bridgehead atoms. The molecule has 1 aromatic rings. The Morgan fingerprint density at radius 3 is 2.75 bits per heavy atom. The molecular weight excluding hydrogens is 262 g/mol. The summed E-state index contributed by atoms with van der Waals surface area (Å²) in [5.74, 6) is 3.50. The van der Waals surface area contributed by atoms with Gasteiger partial charge in [-0.05, 0) is 66.2 Å². The Balaban J connectivity index is 1.80. The zero-order valence-corrected chi connectivity index (χ0v) is 13.6. The first-order chi connectivity index (χ1) is 9.60. The monoisotopic (exact) mass is 289 g/mol. The predicted molar refractivity (Wildman–Crippen MR) is 89.3 cm³/mol. The highest BCUT2D eigenvalue weighted by molar-refractivity contribution is 7.99. The van der Waals surface area contributed by atoms with Crippen molar-refractivity contribution in [2.45, 2.75) is 33.1 Å². The maximum Gasteiger partial charge on any atom is -0.000667 e. The maximum atomic E-state index is 3.64. The lowest BCUT2D eigenvalue weighted by Gasteiger charge is -2.51. The van der Waals surface area contributed by atoms with Crippen molar-refractivity contribution in [2.24, 2.45) is 16.7 Å². The van der Waals surface area contributed by atoms with Crippen LogP contribution in [-0.2, 0) is 6.42 Å². The third-order valence-electron chi connectivity index (χ3n) is 5.09. The second-order valence-corrected chi connectivity index (χ2v) is 8.52. The Kier molecular flexibility index (Phi) is 4.14. The zero-order chi connectivity index (χ0) is 14.1. The molecule has 2 aliphatic rings. The van der Waals surface area contributed by atoms with Gasteiger partial charge in [-0.25, -0.2) is 0 Å². The average molecular weight is 289 g/mol. The maximum absolute atomic E-state index is 3.64. The first-order valence-electron chi connectivity index (χ1n) is 7.92. The molecule has 0 aromatic heterocycles. The molecule has 3 rings (SSSR count). The molecule has 1 aromatic carbocycles. The van der Waals surface area contributed by atoms with Crippen LogP contribution in [-0.4, -0.2) is 24.6 Å². The van der Waals surface area contributed by atoms with E-state index in [4.69, 9.17) is 0 Å². The number of rotatable bonds is 2. The molecule has 2 aliphatic heterocycles. The highest BCUT2D eigenvalue weighted by atomic mass is 32.2. The summed E-state index contributed by atoms with van der Waals surface area (Å²) in [6, 6.07) is 11.1. The summed E-state index contributed by atoms with van der Waals surface area (Å²) >= 11 is 2.19. The summed E-state index contributed by atoms with van der Waals surface area (Å²) in [5, 5.41) is 3.64. The molecule has 110 valence electrons. The van der Waals surface area contributed by atoms with E-state index in [2.05, 4.69) is 61.3 Å². The van der Waals surface area contributed by atoms with E-state index < -0.39 is 0 Å². The standard InChI is InChI=1S/C18H27NS/c1-17(2)12-18(14-20-13-17)8-9-19-11-16(18)10-15-6-4-3-5-7-15/h3-7,16,19H,8-14H2,1-2H3. The van der Waals surface area contributed by atoms with Crippen molar-refractivity contribution >= 4 is 11.8 Å². The summed E-state index contributed by atoms with van der Waals surface area (Å²) in [6.07, 6.45) is 4.01. The van der Waals surface area contributed by atoms with Crippen LogP contribution in [0, 0.1) is 16.7 Å². The van der Waals surface area contributed by atoms with E-state index in [0.717, 1.165) is 5.92 Å². The van der Waals surface area contributed by atoms with Gasteiger partial charge in [0.25, 0.3) is 0 Å². The van der Waals surface area contributed by atoms with Gasteiger partial charge in [0, 0.05) is 0 Å². The molecule has 1 spiro atoms. The van der Waals surface area contributed by atoms with Crippen molar-refractivity contribution in [2.75, 3.05) is 24.6 Å². The van der Waals surface area contributed by atoms with Crippen LogP contribution in [0.3, 0.4) is 0 Å². The van der Waals surface area contributed by atoms with Gasteiger partial charge in [-0.2, -0.15) is 11.8 Å². The molecular formula is C18H27NS. The van der Waals surface area contributed by atoms with Gasteiger partial charge < -0.3 is 5.32 Å². The summed E-state index contributed by atoms with van der Waals surface area (Å²) in [6.45, 7) is 7.33. The summed E-state index contributed by atoms with van der Waals surface area (Å²) in [5.41, 5.74) is 2.58. The Labute approximate surface area is 127 Å². The number of hydrogen-bond acceptors (Lipinski definition) is 2. The molecule has 0 amide bonds. The van der Waals surface area contributed by atoms with Crippen LogP contribution < -0.4 is 5.32 Å². The fraction of sp³-hybridized carbons (Fsp3) is 0.667. The van der Waals surface area contributed by atoms with Crippen molar-refractivity contribution in [3.8, 4) is 0 Å². The van der Waals surface area contributed by atoms with Crippen LogP contribution in [0.25, 0.3) is 0 Å². The molecule has 2 saturated heterocycles. The minimum Gasteiger partial charge on any atom is -0.316 e. The van der Waals surface area contributed by atoms with Gasteiger partial charge in [0.1, 0.15) is 0 Å². The summed E-state index contributed by atoms with van der Waals surface area (Å²) in [4.78, 5) is 0. The molecule has 2 unspecified atom stereocenters. The average Bonchev–Trinajstić information content (AvgIpc) is 2.42. The summed E-state index contributed by atoms with van der Waals surface area (Å²) in [7, 11) is 0. The molecule has 0 saturated carbocycles. The van der Waals surface area contributed by atoms with E-state index in [1.165, 1.54) is 49.4 Å². The molecule has 0 radical (unpaired) electrons. The van der Waals surface area contributed by atoms with Crippen LogP contribution in [0.15, 0.2) is 30.3 Å². The number of piperidine rings is 1. The highest BCUT2D eigenvalue weighted by Gasteiger charge is 2.46. The van der Waals surface area contributed by atoms with E-state index >= 15 is 0 Å². The highest BCUT2D eigenvalue weighted by Crippen LogP contribution is 2.51. The number of hydrogen-bond donors (Lipinski definition) is 1. The van der Waals surface area contributed by atoms with Gasteiger partial charge in [0.05, 0.1) is 0 Å². The topological polar surface area (TPSA) is 12.0 Å². The number of thioether (sulfide) groups is 1. The predicted octanol–water partition coefficient (Wildman–Crippen LogP) is 3.99. The van der Waals surface area contributed by atoms with Gasteiger partial charge in [0.2, 0.25) is 0 Å². The lowest BCUT2D eigenvalue weighted by atomic mass is 9.62. The van der Waals surface area contributed by atoms with Crippen LogP contribution in [0.1, 0.15) is 32.3 Å². The van der Waals surface area contributed by atoms with Gasteiger partial charge in [-0.3, -0.25) is 0 Å². The fourth-order valence-corrected chi connectivity index (χ4v) is 5.88. The molecule has 1 N–H and O–H groups in total. The third kappa shape index (κ3) is 3.07. The number of nitrogens with one attached hydrogen (secondary N) is 1. The molecule has 2 atom stereocenters. The SMILES string of the molecule is CC1(C)CSCC2(CCNCC2Cc2ccccc2)C1. The van der Waals surface area contributed by atoms with E-state index in [0.29, 0.717) is 10.8 Å². The molecule has 1 nitrogen and oxygen atoms in total. The van der Waals surface area contributed by atoms with Crippen molar-refractivity contribution in [3.63, 3.8) is 0 Å². The van der Waals surface area contributed by atoms with Gasteiger partial charge >= 0.3 is 0 Å². The Morgan fingerprint density at radius 1 is 1.20 bits per heavy atom. The van der Waals surface area contributed by atoms with Crippen LogP contribution >= 0.6 is 11.8 Å². The quantitative estimate of drug-likeness (QED) is 0.883. The Hall–Kier alpha value is -0.470. The van der Waals surface area contributed by atoms with Crippen molar-refractivity contribution < 1.29 is 0 Å². The molecule has 2 heteroatoms. The van der Waals surface area contributed by atoms with Crippen molar-refractivity contribution in [3.05, 3.63) is 35.9 Å². The van der Waals surface area contributed by atoms with E-state index in [9.17, 15) is 0 Å². The Morgan fingerprint density at radius 2 is 2.00 bits per heavy atom. The van der Waals surface area contributed by atoms with Gasteiger partial charge in [0.15, 0.2) is 0 Å². The van der Waals surface area contributed by atoms with Crippen LogP contribution in [0.5, 0.6) is 0 Å². The Bertz CT molecular complexity index is 438. The van der Waals surface area contributed by atoms with Crippen LogP contribution in [0.4, 0.5) is 0 Å². The van der Waals surface area contributed by atoms with Gasteiger partial charge in [-0.1, -0.05) is 44.2 Å². The minimum absolute atomic E-state index is 0.509. The fourth-order valence-electron chi connectivity index (χ4n) is 4.23. The van der Waals surface area contributed by atoms with E-state index in [1.54, 1.807) is 0 Å². The van der Waals surface area contributed by atoms with Gasteiger partial charge in [-0.15, -0.1) is 0 Å². The molecule has 2 fully saturated rings. The smallest absolute Gasteiger partial charge is 0.000667 e. The molecule has 0 aliphatic carbocycles. The van der Waals surface area contributed by atoms with E-state index in [1.807, 2.05) is 0 Å². The second-order valence-electron chi connectivity index (χ2n) is 7.54. The number of benzene rings is 1. The second kappa shape index (κ2) is 5.73.